The maximum Gasteiger partial charge on any atom is 0.414 e. The third-order valence-electron chi connectivity index (χ3n) is 2.09. The number of aromatic nitrogens is 3. The van der Waals surface area contributed by atoms with Crippen molar-refractivity contribution in [1.29, 1.82) is 0 Å². The van der Waals surface area contributed by atoms with Crippen LogP contribution in [0.3, 0.4) is 0 Å². The van der Waals surface area contributed by atoms with Crippen molar-refractivity contribution in [2.75, 3.05) is 11.1 Å². The van der Waals surface area contributed by atoms with Gasteiger partial charge in [-0.3, -0.25) is 5.32 Å². The van der Waals surface area contributed by atoms with E-state index < -0.39 is 11.7 Å². The molecule has 0 unspecified atom stereocenters. The van der Waals surface area contributed by atoms with Gasteiger partial charge in [-0.15, -0.1) is 0 Å². The molecule has 0 radical (unpaired) electrons. The van der Waals surface area contributed by atoms with Crippen LogP contribution in [0.25, 0.3) is 11.3 Å². The van der Waals surface area contributed by atoms with Gasteiger partial charge in [0.05, 0.1) is 0 Å². The Bertz CT molecular complexity index is 600. The minimum absolute atomic E-state index is 0.138. The largest absolute Gasteiger partial charge is 0.444 e. The van der Waals surface area contributed by atoms with Crippen LogP contribution in [0.15, 0.2) is 23.0 Å². The Morgan fingerprint density at radius 3 is 2.50 bits per heavy atom. The molecule has 0 aliphatic carbocycles. The number of ether oxygens (including phenoxy) is 1. The fourth-order valence-corrected chi connectivity index (χ4v) is 1.35. The first-order chi connectivity index (χ1) is 9.33. The van der Waals surface area contributed by atoms with E-state index in [1.807, 2.05) is 0 Å². The molecule has 0 bridgehead atoms. The van der Waals surface area contributed by atoms with Crippen molar-refractivity contribution in [3.63, 3.8) is 0 Å². The third-order valence-corrected chi connectivity index (χ3v) is 2.09. The summed E-state index contributed by atoms with van der Waals surface area (Å²) in [5, 5.41) is 6.16. The zero-order chi connectivity index (χ0) is 14.8. The van der Waals surface area contributed by atoms with Crippen molar-refractivity contribution >= 4 is 17.9 Å². The van der Waals surface area contributed by atoms with Gasteiger partial charge in [-0.05, 0) is 20.8 Å². The number of amides is 1. The molecule has 8 nitrogen and oxygen atoms in total. The van der Waals surface area contributed by atoms with E-state index in [9.17, 15) is 4.79 Å². The Labute approximate surface area is 115 Å². The molecule has 0 aliphatic heterocycles. The summed E-state index contributed by atoms with van der Waals surface area (Å²) in [6.07, 6.45) is 2.38. The van der Waals surface area contributed by atoms with Crippen molar-refractivity contribution in [1.82, 2.24) is 15.1 Å². The van der Waals surface area contributed by atoms with E-state index in [-0.39, 0.29) is 11.8 Å². The Kier molecular flexibility index (Phi) is 3.55. The summed E-state index contributed by atoms with van der Waals surface area (Å²) in [4.78, 5) is 19.5. The molecule has 0 spiro atoms. The molecule has 0 atom stereocenters. The topological polar surface area (TPSA) is 116 Å². The van der Waals surface area contributed by atoms with E-state index >= 15 is 0 Å². The van der Waals surface area contributed by atoms with E-state index in [0.717, 1.165) is 0 Å². The van der Waals surface area contributed by atoms with Crippen LogP contribution in [0.5, 0.6) is 0 Å². The van der Waals surface area contributed by atoms with Crippen molar-refractivity contribution in [3.8, 4) is 11.3 Å². The van der Waals surface area contributed by atoms with Gasteiger partial charge in [0.1, 0.15) is 11.3 Å². The number of hydrogen-bond acceptors (Lipinski definition) is 7. The van der Waals surface area contributed by atoms with E-state index in [0.29, 0.717) is 11.3 Å². The van der Waals surface area contributed by atoms with Crippen LogP contribution in [0, 0.1) is 0 Å². The molecular formula is C12H15N5O3. The molecule has 2 aromatic rings. The normalized spacial score (nSPS) is 11.2. The summed E-state index contributed by atoms with van der Waals surface area (Å²) >= 11 is 0. The SMILES string of the molecule is CC(C)(C)OC(=O)Nc1ncc(-c2cc(N)on2)cn1. The van der Waals surface area contributed by atoms with Crippen LogP contribution in [0.2, 0.25) is 0 Å². The summed E-state index contributed by atoms with van der Waals surface area (Å²) < 4.78 is 9.84. The van der Waals surface area contributed by atoms with E-state index in [4.69, 9.17) is 15.0 Å². The Hall–Kier alpha value is -2.64. The van der Waals surface area contributed by atoms with Crippen LogP contribution in [-0.2, 0) is 4.74 Å². The first-order valence-corrected chi connectivity index (χ1v) is 5.88. The standard InChI is InChI=1S/C12H15N5O3/c1-12(2,3)19-11(18)16-10-14-5-7(6-15-10)8-4-9(13)20-17-8/h4-6H,13H2,1-3H3,(H,14,15,16,18). The molecule has 0 aromatic carbocycles. The molecular weight excluding hydrogens is 262 g/mol. The minimum atomic E-state index is -0.615. The molecule has 2 rings (SSSR count). The van der Waals surface area contributed by atoms with Gasteiger partial charge in [-0.25, -0.2) is 14.8 Å². The highest BCUT2D eigenvalue weighted by molar-refractivity contribution is 5.82. The number of nitrogen functional groups attached to an aromatic ring is 1. The minimum Gasteiger partial charge on any atom is -0.444 e. The quantitative estimate of drug-likeness (QED) is 0.862. The molecule has 0 saturated heterocycles. The highest BCUT2D eigenvalue weighted by Crippen LogP contribution is 2.19. The van der Waals surface area contributed by atoms with Gasteiger partial charge in [-0.1, -0.05) is 5.16 Å². The average Bonchev–Trinajstić information content (AvgIpc) is 2.74. The van der Waals surface area contributed by atoms with Gasteiger partial charge in [0.25, 0.3) is 0 Å². The van der Waals surface area contributed by atoms with Gasteiger partial charge in [0.2, 0.25) is 11.8 Å². The smallest absolute Gasteiger partial charge is 0.414 e. The lowest BCUT2D eigenvalue weighted by molar-refractivity contribution is 0.0634. The maximum absolute atomic E-state index is 11.5. The lowest BCUT2D eigenvalue weighted by Gasteiger charge is -2.19. The number of hydrogen-bond donors (Lipinski definition) is 2. The van der Waals surface area contributed by atoms with Gasteiger partial charge in [0, 0.05) is 24.0 Å². The van der Waals surface area contributed by atoms with Gasteiger partial charge >= 0.3 is 6.09 Å². The number of carbonyl (C=O) groups excluding carboxylic acids is 1. The highest BCUT2D eigenvalue weighted by Gasteiger charge is 2.17. The van der Waals surface area contributed by atoms with Gasteiger partial charge in [-0.2, -0.15) is 0 Å². The molecule has 0 aliphatic rings. The molecule has 0 fully saturated rings. The molecule has 8 heteroatoms. The lowest BCUT2D eigenvalue weighted by Crippen LogP contribution is -2.27. The van der Waals surface area contributed by atoms with Crippen molar-refractivity contribution in [2.45, 2.75) is 26.4 Å². The lowest BCUT2D eigenvalue weighted by atomic mass is 10.2. The zero-order valence-electron chi connectivity index (χ0n) is 11.4. The number of nitrogens with two attached hydrogens (primary N) is 1. The molecule has 20 heavy (non-hydrogen) atoms. The molecule has 0 saturated carbocycles. The van der Waals surface area contributed by atoms with E-state index in [1.165, 1.54) is 12.4 Å². The van der Waals surface area contributed by atoms with Crippen LogP contribution in [0.4, 0.5) is 16.6 Å². The van der Waals surface area contributed by atoms with Crippen molar-refractivity contribution in [3.05, 3.63) is 18.5 Å². The molecule has 2 aromatic heterocycles. The third kappa shape index (κ3) is 3.67. The Morgan fingerprint density at radius 2 is 2.00 bits per heavy atom. The number of rotatable bonds is 2. The van der Waals surface area contributed by atoms with Crippen LogP contribution in [-0.4, -0.2) is 26.8 Å². The van der Waals surface area contributed by atoms with Gasteiger partial charge in [0.15, 0.2) is 0 Å². The summed E-state index contributed by atoms with van der Waals surface area (Å²) in [6, 6.07) is 1.56. The zero-order valence-corrected chi connectivity index (χ0v) is 11.4. The number of carbonyl (C=O) groups is 1. The Morgan fingerprint density at radius 1 is 1.35 bits per heavy atom. The fourth-order valence-electron chi connectivity index (χ4n) is 1.35. The highest BCUT2D eigenvalue weighted by atomic mass is 16.6. The fraction of sp³-hybridized carbons (Fsp3) is 0.333. The molecule has 2 heterocycles. The predicted molar refractivity (Wildman–Crippen MR) is 71.8 cm³/mol. The van der Waals surface area contributed by atoms with Crippen molar-refractivity contribution in [2.24, 2.45) is 0 Å². The number of nitrogens with zero attached hydrogens (tertiary/aromatic N) is 3. The van der Waals surface area contributed by atoms with E-state index in [2.05, 4.69) is 20.4 Å². The molecule has 106 valence electrons. The monoisotopic (exact) mass is 277 g/mol. The second-order valence-corrected chi connectivity index (χ2v) is 5.04. The number of nitrogens with one attached hydrogen (secondary N) is 1. The van der Waals surface area contributed by atoms with Gasteiger partial charge < -0.3 is 15.0 Å². The summed E-state index contributed by atoms with van der Waals surface area (Å²) in [5.74, 6) is 0.343. The molecule has 3 N–H and O–H groups in total. The van der Waals surface area contributed by atoms with E-state index in [1.54, 1.807) is 26.8 Å². The van der Waals surface area contributed by atoms with Crippen LogP contribution in [0.1, 0.15) is 20.8 Å². The first-order valence-electron chi connectivity index (χ1n) is 5.88. The molecule has 1 amide bonds. The maximum atomic E-state index is 11.5. The second-order valence-electron chi connectivity index (χ2n) is 5.04. The van der Waals surface area contributed by atoms with Crippen molar-refractivity contribution < 1.29 is 14.1 Å². The van der Waals surface area contributed by atoms with Crippen LogP contribution >= 0.6 is 0 Å². The summed E-state index contributed by atoms with van der Waals surface area (Å²) in [6.45, 7) is 5.31. The number of anilines is 2. The predicted octanol–water partition coefficient (Wildman–Crippen LogP) is 2.06. The summed E-state index contributed by atoms with van der Waals surface area (Å²) in [5.41, 5.74) is 5.99. The first kappa shape index (κ1) is 13.8. The Balaban J connectivity index is 2.03. The average molecular weight is 277 g/mol. The summed E-state index contributed by atoms with van der Waals surface area (Å²) in [7, 11) is 0. The second kappa shape index (κ2) is 5.16. The van der Waals surface area contributed by atoms with Crippen LogP contribution < -0.4 is 11.1 Å².